The molecule has 1 amide bonds. The number of H-pyrrole nitrogens is 2. The number of ether oxygens (including phenoxy) is 1. The van der Waals surface area contributed by atoms with Crippen molar-refractivity contribution in [1.29, 1.82) is 0 Å². The van der Waals surface area contributed by atoms with Gasteiger partial charge in [-0.15, -0.1) is 0 Å². The molecule has 5 rings (SSSR count). The van der Waals surface area contributed by atoms with Crippen molar-refractivity contribution >= 4 is 33.7 Å². The van der Waals surface area contributed by atoms with Crippen LogP contribution in [0.1, 0.15) is 37.7 Å². The molecule has 0 atom stereocenters. The molecule has 0 saturated carbocycles. The van der Waals surface area contributed by atoms with Crippen molar-refractivity contribution in [3.8, 4) is 0 Å². The Labute approximate surface area is 166 Å². The molecule has 7 nitrogen and oxygen atoms in total. The van der Waals surface area contributed by atoms with Gasteiger partial charge in [-0.05, 0) is 37.3 Å². The number of esters is 1. The highest BCUT2D eigenvalue weighted by atomic mass is 16.5. The number of aromatic nitrogens is 3. The molecule has 3 heterocycles. The normalized spacial score (nSPS) is 13.7. The number of nitrogens with zero attached hydrogens (tertiary/aromatic N) is 2. The number of nitrogens with one attached hydrogen (secondary N) is 2. The third-order valence-electron chi connectivity index (χ3n) is 5.60. The summed E-state index contributed by atoms with van der Waals surface area (Å²) in [5, 5.41) is 9.02. The lowest BCUT2D eigenvalue weighted by molar-refractivity contribution is 0.0600. The Morgan fingerprint density at radius 1 is 1.10 bits per heavy atom. The van der Waals surface area contributed by atoms with Crippen molar-refractivity contribution in [2.75, 3.05) is 13.7 Å². The molecule has 7 heteroatoms. The molecule has 0 radical (unpaired) electrons. The van der Waals surface area contributed by atoms with E-state index < -0.39 is 0 Å². The average molecular weight is 388 g/mol. The highest BCUT2D eigenvalue weighted by molar-refractivity contribution is 6.05. The third kappa shape index (κ3) is 2.77. The molecular weight excluding hydrogens is 368 g/mol. The van der Waals surface area contributed by atoms with Gasteiger partial charge in [0.1, 0.15) is 0 Å². The summed E-state index contributed by atoms with van der Waals surface area (Å²) >= 11 is 0. The maximum Gasteiger partial charge on any atom is 0.337 e. The highest BCUT2D eigenvalue weighted by Crippen LogP contribution is 2.30. The number of carbonyl (C=O) groups excluding carboxylic acids is 2. The third-order valence-corrected chi connectivity index (χ3v) is 5.60. The quantitative estimate of drug-likeness (QED) is 0.515. The summed E-state index contributed by atoms with van der Waals surface area (Å²) < 4.78 is 4.84. The monoisotopic (exact) mass is 388 g/mol. The van der Waals surface area contributed by atoms with E-state index in [4.69, 9.17) is 4.74 Å². The van der Waals surface area contributed by atoms with Crippen LogP contribution >= 0.6 is 0 Å². The molecule has 0 spiro atoms. The van der Waals surface area contributed by atoms with Gasteiger partial charge in [-0.1, -0.05) is 11.6 Å². The van der Waals surface area contributed by atoms with Crippen molar-refractivity contribution in [3.63, 3.8) is 0 Å². The molecule has 2 aromatic heterocycles. The van der Waals surface area contributed by atoms with E-state index in [1.54, 1.807) is 6.07 Å². The van der Waals surface area contributed by atoms with Gasteiger partial charge in [0.25, 0.3) is 5.91 Å². The number of aromatic amines is 2. The van der Waals surface area contributed by atoms with Crippen molar-refractivity contribution < 1.29 is 14.3 Å². The van der Waals surface area contributed by atoms with Gasteiger partial charge in [0.15, 0.2) is 5.69 Å². The van der Waals surface area contributed by atoms with E-state index in [2.05, 4.69) is 15.2 Å². The van der Waals surface area contributed by atoms with Crippen LogP contribution in [0.25, 0.3) is 21.8 Å². The van der Waals surface area contributed by atoms with Crippen LogP contribution in [-0.2, 0) is 17.7 Å². The van der Waals surface area contributed by atoms with Gasteiger partial charge in [0.2, 0.25) is 0 Å². The first kappa shape index (κ1) is 17.5. The van der Waals surface area contributed by atoms with Gasteiger partial charge in [-0.2, -0.15) is 5.10 Å². The second-order valence-electron chi connectivity index (χ2n) is 7.43. The lowest BCUT2D eigenvalue weighted by atomic mass is 10.0. The first-order valence-corrected chi connectivity index (χ1v) is 9.51. The summed E-state index contributed by atoms with van der Waals surface area (Å²) in [5.74, 6) is -0.463. The lowest BCUT2D eigenvalue weighted by Crippen LogP contribution is -2.36. The van der Waals surface area contributed by atoms with Crippen LogP contribution in [0.5, 0.6) is 0 Å². The molecule has 146 valence electrons. The maximum absolute atomic E-state index is 13.2. The van der Waals surface area contributed by atoms with E-state index in [1.807, 2.05) is 42.2 Å². The van der Waals surface area contributed by atoms with Crippen molar-refractivity contribution in [2.45, 2.75) is 19.9 Å². The number of amides is 1. The maximum atomic E-state index is 13.2. The first-order chi connectivity index (χ1) is 14.0. The number of benzene rings is 2. The van der Waals surface area contributed by atoms with E-state index in [1.165, 1.54) is 7.11 Å². The summed E-state index contributed by atoms with van der Waals surface area (Å²) in [6.07, 6.45) is 0.727. The van der Waals surface area contributed by atoms with E-state index in [9.17, 15) is 9.59 Å². The fraction of sp³-hybridized carbons (Fsp3) is 0.227. The van der Waals surface area contributed by atoms with Crippen molar-refractivity contribution in [3.05, 3.63) is 64.5 Å². The Morgan fingerprint density at radius 3 is 2.76 bits per heavy atom. The predicted molar refractivity (Wildman–Crippen MR) is 109 cm³/mol. The standard InChI is InChI=1S/C22H20N4O3/c1-12-3-5-19-15(9-12)20(25-24-19)21(27)26-8-7-18-16(11-26)14-10-13(22(28)29-2)4-6-17(14)23-18/h3-6,9-10,23H,7-8,11H2,1-2H3,(H,24,25). The fourth-order valence-corrected chi connectivity index (χ4v) is 4.07. The van der Waals surface area contributed by atoms with Crippen LogP contribution in [-0.4, -0.2) is 45.6 Å². The van der Waals surface area contributed by atoms with Crippen LogP contribution in [0.2, 0.25) is 0 Å². The largest absolute Gasteiger partial charge is 0.465 e. The van der Waals surface area contributed by atoms with Gasteiger partial charge < -0.3 is 14.6 Å². The highest BCUT2D eigenvalue weighted by Gasteiger charge is 2.27. The van der Waals surface area contributed by atoms with Crippen LogP contribution < -0.4 is 0 Å². The Morgan fingerprint density at radius 2 is 1.93 bits per heavy atom. The molecule has 0 bridgehead atoms. The molecule has 2 N–H and O–H groups in total. The average Bonchev–Trinajstić information content (AvgIpc) is 3.32. The zero-order valence-electron chi connectivity index (χ0n) is 16.2. The summed E-state index contributed by atoms with van der Waals surface area (Å²) in [6.45, 7) is 3.08. The minimum atomic E-state index is -0.371. The molecule has 4 aromatic rings. The topological polar surface area (TPSA) is 91.1 Å². The molecule has 0 fully saturated rings. The smallest absolute Gasteiger partial charge is 0.337 e. The van der Waals surface area contributed by atoms with Crippen molar-refractivity contribution in [2.24, 2.45) is 0 Å². The Bertz CT molecular complexity index is 1280. The summed E-state index contributed by atoms with van der Waals surface area (Å²) in [6, 6.07) is 11.4. The molecule has 0 aliphatic carbocycles. The molecule has 29 heavy (non-hydrogen) atoms. The van der Waals surface area contributed by atoms with Crippen LogP contribution in [0.15, 0.2) is 36.4 Å². The number of carbonyl (C=O) groups is 2. The Balaban J connectivity index is 1.51. The van der Waals surface area contributed by atoms with E-state index in [0.717, 1.165) is 45.0 Å². The zero-order chi connectivity index (χ0) is 20.1. The van der Waals surface area contributed by atoms with Gasteiger partial charge in [0, 0.05) is 47.1 Å². The van der Waals surface area contributed by atoms with Gasteiger partial charge in [0.05, 0.1) is 18.2 Å². The second kappa shape index (κ2) is 6.48. The number of methoxy groups -OCH3 is 1. The molecular formula is C22H20N4O3. The minimum absolute atomic E-state index is 0.0917. The van der Waals surface area contributed by atoms with Crippen LogP contribution in [0, 0.1) is 6.92 Å². The molecule has 1 aliphatic rings. The van der Waals surface area contributed by atoms with E-state index in [0.29, 0.717) is 24.3 Å². The number of rotatable bonds is 2. The van der Waals surface area contributed by atoms with E-state index >= 15 is 0 Å². The van der Waals surface area contributed by atoms with Gasteiger partial charge in [-0.25, -0.2) is 4.79 Å². The number of hydrogen-bond acceptors (Lipinski definition) is 4. The predicted octanol–water partition coefficient (Wildman–Crippen LogP) is 3.34. The number of fused-ring (bicyclic) bond motifs is 4. The zero-order valence-corrected chi connectivity index (χ0v) is 16.2. The molecule has 0 saturated heterocycles. The van der Waals surface area contributed by atoms with Gasteiger partial charge in [-0.3, -0.25) is 9.89 Å². The second-order valence-corrected chi connectivity index (χ2v) is 7.43. The van der Waals surface area contributed by atoms with Crippen LogP contribution in [0.3, 0.4) is 0 Å². The molecule has 1 aliphatic heterocycles. The number of aryl methyl sites for hydroxylation is 1. The first-order valence-electron chi connectivity index (χ1n) is 9.51. The SMILES string of the molecule is COC(=O)c1ccc2[nH]c3c(c2c1)CN(C(=O)c1n[nH]c2ccc(C)cc12)CC3. The molecule has 2 aromatic carbocycles. The fourth-order valence-electron chi connectivity index (χ4n) is 4.07. The van der Waals surface area contributed by atoms with E-state index in [-0.39, 0.29) is 11.9 Å². The Kier molecular flexibility index (Phi) is 3.91. The van der Waals surface area contributed by atoms with Crippen LogP contribution in [0.4, 0.5) is 0 Å². The summed E-state index contributed by atoms with van der Waals surface area (Å²) in [7, 11) is 1.37. The Hall–Kier alpha value is -3.61. The van der Waals surface area contributed by atoms with Crippen molar-refractivity contribution in [1.82, 2.24) is 20.1 Å². The van der Waals surface area contributed by atoms with Gasteiger partial charge >= 0.3 is 5.97 Å². The molecule has 0 unspecified atom stereocenters. The lowest BCUT2D eigenvalue weighted by Gasteiger charge is -2.26. The minimum Gasteiger partial charge on any atom is -0.465 e. The summed E-state index contributed by atoms with van der Waals surface area (Å²) in [4.78, 5) is 30.4. The number of hydrogen-bond donors (Lipinski definition) is 2. The summed E-state index contributed by atoms with van der Waals surface area (Å²) in [5.41, 5.74) is 5.99.